The number of alkyl halides is 2. The van der Waals surface area contributed by atoms with Crippen LogP contribution in [0.25, 0.3) is 0 Å². The van der Waals surface area contributed by atoms with Crippen molar-refractivity contribution in [1.29, 1.82) is 0 Å². The van der Waals surface area contributed by atoms with Crippen LogP contribution in [0.4, 0.5) is 8.78 Å². The summed E-state index contributed by atoms with van der Waals surface area (Å²) in [6.45, 7) is 4.93. The summed E-state index contributed by atoms with van der Waals surface area (Å²) in [6.07, 6.45) is 0.798. The van der Waals surface area contributed by atoms with Crippen molar-refractivity contribution in [2.24, 2.45) is 0 Å². The first-order valence-electron chi connectivity index (χ1n) is 5.81. The third kappa shape index (κ3) is 4.87. The molecule has 0 aliphatic carbocycles. The molecule has 6 heteroatoms. The van der Waals surface area contributed by atoms with Gasteiger partial charge in [0, 0.05) is 0 Å². The summed E-state index contributed by atoms with van der Waals surface area (Å²) in [5.74, 6) is -1.16. The molecule has 0 aliphatic rings. The summed E-state index contributed by atoms with van der Waals surface area (Å²) >= 11 is 0. The van der Waals surface area contributed by atoms with Gasteiger partial charge in [-0.15, -0.1) is 8.78 Å². The Morgan fingerprint density at radius 2 is 1.59 bits per heavy atom. The monoisotopic (exact) mass is 317 g/mol. The normalized spacial score (nSPS) is 12.1. The predicted molar refractivity (Wildman–Crippen MR) is 58.3 cm³/mol. The average molecular weight is 318 g/mol. The van der Waals surface area contributed by atoms with Crippen molar-refractivity contribution < 1.29 is 40.1 Å². The van der Waals surface area contributed by atoms with Crippen LogP contribution in [0.15, 0.2) is 0 Å². The van der Waals surface area contributed by atoms with Gasteiger partial charge in [0.15, 0.2) is 6.54 Å². The van der Waals surface area contributed by atoms with Crippen LogP contribution in [-0.4, -0.2) is 41.2 Å². The lowest BCUT2D eigenvalue weighted by Crippen LogP contribution is -3.00. The number of hydrogen-bond donors (Lipinski definition) is 1. The van der Waals surface area contributed by atoms with E-state index in [1.54, 1.807) is 13.8 Å². The minimum absolute atomic E-state index is 0. The lowest BCUT2D eigenvalue weighted by atomic mass is 10.2. The minimum atomic E-state index is -2.95. The first-order chi connectivity index (χ1) is 7.35. The molecule has 17 heavy (non-hydrogen) atoms. The van der Waals surface area contributed by atoms with Crippen LogP contribution < -0.4 is 17.0 Å². The van der Waals surface area contributed by atoms with Crippen LogP contribution in [0.1, 0.15) is 40.0 Å². The Balaban J connectivity index is 0. The fraction of sp³-hybridized carbons (Fsp3) is 0.909. The van der Waals surface area contributed by atoms with Crippen LogP contribution in [0, 0.1) is 0 Å². The Bertz CT molecular complexity index is 232. The van der Waals surface area contributed by atoms with Gasteiger partial charge in [-0.3, -0.25) is 4.48 Å². The highest BCUT2D eigenvalue weighted by Crippen LogP contribution is 2.33. The number of nitrogens with zero attached hydrogens (tertiary/aromatic N) is 1. The maximum atomic E-state index is 13.9. The van der Waals surface area contributed by atoms with E-state index in [9.17, 15) is 13.6 Å². The minimum Gasteiger partial charge on any atom is -1.00 e. The van der Waals surface area contributed by atoms with Gasteiger partial charge in [-0.1, -0.05) is 20.8 Å². The van der Waals surface area contributed by atoms with Crippen LogP contribution in [0.5, 0.6) is 0 Å². The van der Waals surface area contributed by atoms with E-state index in [0.29, 0.717) is 12.8 Å². The summed E-state index contributed by atoms with van der Waals surface area (Å²) in [6, 6.07) is -2.95. The van der Waals surface area contributed by atoms with Gasteiger partial charge in [0.05, 0.1) is 19.5 Å². The lowest BCUT2D eigenvalue weighted by molar-refractivity contribution is -1.00. The van der Waals surface area contributed by atoms with Gasteiger partial charge in [-0.05, 0) is 12.8 Å². The molecule has 104 valence electrons. The molecular weight excluding hydrogens is 296 g/mol. The first-order valence-corrected chi connectivity index (χ1v) is 5.81. The van der Waals surface area contributed by atoms with Gasteiger partial charge in [0.1, 0.15) is 0 Å². The smallest absolute Gasteiger partial charge is 0.390 e. The molecule has 0 saturated carbocycles. The highest BCUT2D eigenvalue weighted by atomic mass is 79.9. The van der Waals surface area contributed by atoms with Crippen LogP contribution in [0.2, 0.25) is 0 Å². The van der Waals surface area contributed by atoms with E-state index < -0.39 is 23.0 Å². The third-order valence-corrected chi connectivity index (χ3v) is 2.86. The Morgan fingerprint density at radius 1 is 1.18 bits per heavy atom. The molecule has 0 atom stereocenters. The Kier molecular flexibility index (Phi) is 8.97. The summed E-state index contributed by atoms with van der Waals surface area (Å²) < 4.78 is 27.2. The number of aliphatic carboxylic acids is 1. The van der Waals surface area contributed by atoms with E-state index in [1.165, 1.54) is 6.92 Å². The number of hydrogen-bond acceptors (Lipinski definition) is 1. The molecule has 0 spiro atoms. The van der Waals surface area contributed by atoms with Crippen molar-refractivity contribution in [3.05, 3.63) is 0 Å². The molecule has 1 N–H and O–H groups in total. The topological polar surface area (TPSA) is 37.3 Å². The number of carboxylic acids is 1. The van der Waals surface area contributed by atoms with Crippen molar-refractivity contribution in [2.45, 2.75) is 46.1 Å². The molecule has 0 fully saturated rings. The summed E-state index contributed by atoms with van der Waals surface area (Å²) in [5, 5.41) is 8.81. The van der Waals surface area contributed by atoms with Gasteiger partial charge in [-0.25, -0.2) is 4.79 Å². The first kappa shape index (κ1) is 19.1. The van der Waals surface area contributed by atoms with Gasteiger partial charge in [0.25, 0.3) is 0 Å². The lowest BCUT2D eigenvalue weighted by Gasteiger charge is -2.42. The standard InChI is InChI=1S/C11H21F2NO2.BrH/c1-4-7-14(8-5-2,9-10(15)16)11(12,13)6-3;/h4-9H2,1-3H3;1H. The van der Waals surface area contributed by atoms with E-state index in [1.807, 2.05) is 0 Å². The fourth-order valence-electron chi connectivity index (χ4n) is 2.16. The van der Waals surface area contributed by atoms with Crippen molar-refractivity contribution in [3.63, 3.8) is 0 Å². The molecule has 0 heterocycles. The third-order valence-electron chi connectivity index (χ3n) is 2.86. The predicted octanol–water partition coefficient (Wildman–Crippen LogP) is -0.285. The van der Waals surface area contributed by atoms with E-state index >= 15 is 0 Å². The highest BCUT2D eigenvalue weighted by molar-refractivity contribution is 5.68. The maximum Gasteiger partial charge on any atom is 0.390 e. The number of rotatable bonds is 8. The van der Waals surface area contributed by atoms with Crippen molar-refractivity contribution in [1.82, 2.24) is 0 Å². The van der Waals surface area contributed by atoms with Crippen LogP contribution in [0.3, 0.4) is 0 Å². The SMILES string of the molecule is CCC[N+](CCC)(CC(=O)O)C(F)(F)CC.[Br-]. The molecule has 0 radical (unpaired) electrons. The molecule has 0 aromatic rings. The number of carboxylic acid groups (broad SMARTS) is 1. The van der Waals surface area contributed by atoms with Gasteiger partial charge < -0.3 is 22.1 Å². The zero-order chi connectivity index (χ0) is 12.8. The average Bonchev–Trinajstić information content (AvgIpc) is 2.17. The van der Waals surface area contributed by atoms with Crippen molar-refractivity contribution >= 4 is 5.97 Å². The second-order valence-electron chi connectivity index (χ2n) is 4.16. The highest BCUT2D eigenvalue weighted by Gasteiger charge is 2.51. The molecule has 0 saturated heterocycles. The van der Waals surface area contributed by atoms with E-state index in [2.05, 4.69) is 0 Å². The molecule has 0 aromatic carbocycles. The molecule has 0 rings (SSSR count). The zero-order valence-corrected chi connectivity index (χ0v) is 12.3. The fourth-order valence-corrected chi connectivity index (χ4v) is 2.16. The molecular formula is C11H22BrF2NO2. The maximum absolute atomic E-state index is 13.9. The van der Waals surface area contributed by atoms with E-state index in [4.69, 9.17) is 5.11 Å². The number of quaternary nitrogens is 1. The summed E-state index contributed by atoms with van der Waals surface area (Å²) in [7, 11) is 0. The molecule has 0 amide bonds. The molecule has 0 unspecified atom stereocenters. The second-order valence-corrected chi connectivity index (χ2v) is 4.16. The van der Waals surface area contributed by atoms with Crippen molar-refractivity contribution in [2.75, 3.05) is 19.6 Å². The van der Waals surface area contributed by atoms with Crippen molar-refractivity contribution in [3.8, 4) is 0 Å². The molecule has 0 aliphatic heterocycles. The van der Waals surface area contributed by atoms with Gasteiger partial charge in [-0.2, -0.15) is 0 Å². The van der Waals surface area contributed by atoms with Crippen LogP contribution >= 0.6 is 0 Å². The number of halogens is 3. The Labute approximate surface area is 112 Å². The summed E-state index contributed by atoms with van der Waals surface area (Å²) in [4.78, 5) is 10.8. The van der Waals surface area contributed by atoms with Crippen LogP contribution in [-0.2, 0) is 4.79 Å². The van der Waals surface area contributed by atoms with Gasteiger partial charge in [0.2, 0.25) is 0 Å². The molecule has 0 bridgehead atoms. The Hall–Kier alpha value is -0.230. The largest absolute Gasteiger partial charge is 1.00 e. The van der Waals surface area contributed by atoms with E-state index in [0.717, 1.165) is 0 Å². The molecule has 0 aromatic heterocycles. The van der Waals surface area contributed by atoms with Gasteiger partial charge >= 0.3 is 12.0 Å². The van der Waals surface area contributed by atoms with E-state index in [-0.39, 0.29) is 36.5 Å². The quantitative estimate of drug-likeness (QED) is 0.494. The summed E-state index contributed by atoms with van der Waals surface area (Å²) in [5.41, 5.74) is 0. The zero-order valence-electron chi connectivity index (χ0n) is 10.7. The second kappa shape index (κ2) is 7.97. The molecule has 3 nitrogen and oxygen atoms in total. The number of carbonyl (C=O) groups is 1. The Morgan fingerprint density at radius 3 is 1.82 bits per heavy atom.